The molecule has 0 aliphatic heterocycles. The van der Waals surface area contributed by atoms with Crippen molar-refractivity contribution in [3.05, 3.63) is 101 Å². The van der Waals surface area contributed by atoms with E-state index in [9.17, 15) is 22.8 Å². The number of hydrogen-bond acceptors (Lipinski definition) is 6. The summed E-state index contributed by atoms with van der Waals surface area (Å²) in [5.41, 5.74) is 12.4. The summed E-state index contributed by atoms with van der Waals surface area (Å²) >= 11 is 0. The second-order valence-electron chi connectivity index (χ2n) is 10.0. The van der Waals surface area contributed by atoms with Gasteiger partial charge in [-0.3, -0.25) is 9.59 Å². The van der Waals surface area contributed by atoms with Crippen LogP contribution in [0.3, 0.4) is 0 Å². The first-order chi connectivity index (χ1) is 20.0. The number of halogens is 3. The molecule has 3 aromatic rings. The van der Waals surface area contributed by atoms with Crippen LogP contribution < -0.4 is 22.1 Å². The lowest BCUT2D eigenvalue weighted by Crippen LogP contribution is -2.26. The average Bonchev–Trinajstić information content (AvgIpc) is 3.78. The van der Waals surface area contributed by atoms with E-state index in [-0.39, 0.29) is 18.1 Å². The van der Waals surface area contributed by atoms with Gasteiger partial charge in [-0.25, -0.2) is 4.99 Å². The molecule has 1 saturated carbocycles. The van der Waals surface area contributed by atoms with E-state index in [0.717, 1.165) is 24.0 Å². The first-order valence-electron chi connectivity index (χ1n) is 13.3. The Labute approximate surface area is 241 Å². The molecule has 1 aliphatic carbocycles. The van der Waals surface area contributed by atoms with Gasteiger partial charge in [-0.05, 0) is 77.9 Å². The molecule has 0 heterocycles. The Bertz CT molecular complexity index is 1480. The zero-order valence-corrected chi connectivity index (χ0v) is 22.9. The van der Waals surface area contributed by atoms with Crippen LogP contribution in [0.4, 0.5) is 30.2 Å². The highest BCUT2D eigenvalue weighted by Crippen LogP contribution is 2.34. The first kappa shape index (κ1) is 30.5. The molecular weight excluding hydrogens is 547 g/mol. The number of carbonyl (C=O) groups is 2. The molecule has 11 heteroatoms. The Morgan fingerprint density at radius 1 is 1.00 bits per heavy atom. The van der Waals surface area contributed by atoms with Gasteiger partial charge in [0.2, 0.25) is 5.91 Å². The summed E-state index contributed by atoms with van der Waals surface area (Å²) in [6, 6.07) is 20.6. The SMILES string of the molecule is CC(=O)Nc1ccc(C(OCC2CC2)c2cccc(NC(=O)C(/C=C(\N)C(F)(F)F)=Nc3cccc(CN)c3)c2)cc1. The largest absolute Gasteiger partial charge is 0.430 e. The third-order valence-electron chi connectivity index (χ3n) is 6.42. The lowest BCUT2D eigenvalue weighted by atomic mass is 10.00. The average molecular weight is 580 g/mol. The number of amides is 2. The Hall–Kier alpha value is -4.48. The van der Waals surface area contributed by atoms with Crippen molar-refractivity contribution in [3.63, 3.8) is 0 Å². The number of hydrogen-bond donors (Lipinski definition) is 4. The summed E-state index contributed by atoms with van der Waals surface area (Å²) in [5, 5.41) is 5.37. The molecule has 0 radical (unpaired) electrons. The number of benzene rings is 3. The van der Waals surface area contributed by atoms with Gasteiger partial charge in [-0.1, -0.05) is 36.4 Å². The molecule has 2 amide bonds. The van der Waals surface area contributed by atoms with Crippen molar-refractivity contribution in [1.29, 1.82) is 0 Å². The molecule has 42 heavy (non-hydrogen) atoms. The van der Waals surface area contributed by atoms with Gasteiger partial charge in [-0.2, -0.15) is 13.2 Å². The highest BCUT2D eigenvalue weighted by Gasteiger charge is 2.32. The van der Waals surface area contributed by atoms with Crippen molar-refractivity contribution in [1.82, 2.24) is 0 Å². The topological polar surface area (TPSA) is 132 Å². The van der Waals surface area contributed by atoms with Crippen LogP contribution in [0.25, 0.3) is 0 Å². The number of rotatable bonds is 11. The maximum Gasteiger partial charge on any atom is 0.430 e. The van der Waals surface area contributed by atoms with Gasteiger partial charge >= 0.3 is 6.18 Å². The number of carbonyl (C=O) groups excluding carboxylic acids is 2. The van der Waals surface area contributed by atoms with E-state index in [1.165, 1.54) is 6.92 Å². The van der Waals surface area contributed by atoms with Gasteiger partial charge in [0.05, 0.1) is 12.3 Å². The van der Waals surface area contributed by atoms with Crippen molar-refractivity contribution in [2.45, 2.75) is 38.6 Å². The van der Waals surface area contributed by atoms with Crippen LogP contribution in [0, 0.1) is 5.92 Å². The molecule has 6 N–H and O–H groups in total. The van der Waals surface area contributed by atoms with E-state index in [1.807, 2.05) is 18.2 Å². The summed E-state index contributed by atoms with van der Waals surface area (Å²) in [5.74, 6) is -0.585. The monoisotopic (exact) mass is 579 g/mol. The molecule has 4 rings (SSSR count). The van der Waals surface area contributed by atoms with Crippen molar-refractivity contribution in [2.24, 2.45) is 22.4 Å². The number of nitrogens with two attached hydrogens (primary N) is 2. The van der Waals surface area contributed by atoms with E-state index in [1.54, 1.807) is 54.6 Å². The van der Waals surface area contributed by atoms with Crippen LogP contribution in [0.2, 0.25) is 0 Å². The third-order valence-corrected chi connectivity index (χ3v) is 6.42. The molecule has 0 bridgehead atoms. The van der Waals surface area contributed by atoms with E-state index in [0.29, 0.717) is 35.5 Å². The molecule has 0 aromatic heterocycles. The fraction of sp³-hybridized carbons (Fsp3) is 0.258. The Balaban J connectivity index is 1.62. The van der Waals surface area contributed by atoms with Crippen LogP contribution >= 0.6 is 0 Å². The number of allylic oxidation sites excluding steroid dienone is 1. The number of anilines is 2. The van der Waals surface area contributed by atoms with Gasteiger partial charge in [0.15, 0.2) is 0 Å². The van der Waals surface area contributed by atoms with Gasteiger partial charge in [-0.15, -0.1) is 0 Å². The Kier molecular flexibility index (Phi) is 9.76. The first-order valence-corrected chi connectivity index (χ1v) is 13.3. The van der Waals surface area contributed by atoms with E-state index in [4.69, 9.17) is 16.2 Å². The molecule has 1 unspecified atom stereocenters. The standard InChI is InChI=1S/C31H32F3N5O3/c1-19(40)37-24-12-10-22(11-13-24)29(42-18-20-8-9-20)23-5-3-7-26(15-23)39-30(41)27(16-28(36)31(32,33)34)38-25-6-2-4-21(14-25)17-35/h2-7,10-16,20,29H,8-9,17-18,35-36H2,1H3,(H,37,40)(H,39,41)/b28-16-,38-27?. The molecule has 1 fully saturated rings. The lowest BCUT2D eigenvalue weighted by Gasteiger charge is -2.20. The van der Waals surface area contributed by atoms with Crippen LogP contribution in [0.5, 0.6) is 0 Å². The second kappa shape index (κ2) is 13.5. The quantitative estimate of drug-likeness (QED) is 0.215. The van der Waals surface area contributed by atoms with E-state index < -0.39 is 29.6 Å². The van der Waals surface area contributed by atoms with E-state index >= 15 is 0 Å². The zero-order valence-electron chi connectivity index (χ0n) is 22.9. The van der Waals surface area contributed by atoms with Crippen molar-refractivity contribution >= 4 is 34.6 Å². The van der Waals surface area contributed by atoms with Crippen LogP contribution in [-0.2, 0) is 20.9 Å². The minimum absolute atomic E-state index is 0.186. The van der Waals surface area contributed by atoms with Gasteiger partial charge < -0.3 is 26.8 Å². The van der Waals surface area contributed by atoms with Crippen molar-refractivity contribution < 1.29 is 27.5 Å². The van der Waals surface area contributed by atoms with Gasteiger partial charge in [0.25, 0.3) is 5.91 Å². The molecule has 8 nitrogen and oxygen atoms in total. The number of aliphatic imine (C=N–C) groups is 1. The Morgan fingerprint density at radius 2 is 1.71 bits per heavy atom. The summed E-state index contributed by atoms with van der Waals surface area (Å²) in [6.07, 6.45) is -2.64. The molecular formula is C31H32F3N5O3. The zero-order chi connectivity index (χ0) is 30.3. The van der Waals surface area contributed by atoms with Crippen LogP contribution in [0.1, 0.15) is 42.6 Å². The van der Waals surface area contributed by atoms with Crippen molar-refractivity contribution in [2.75, 3.05) is 17.2 Å². The predicted molar refractivity (Wildman–Crippen MR) is 156 cm³/mol. The molecule has 1 aliphatic rings. The molecule has 1 atom stereocenters. The Morgan fingerprint density at radius 3 is 2.36 bits per heavy atom. The highest BCUT2D eigenvalue weighted by molar-refractivity contribution is 6.47. The maximum atomic E-state index is 13.3. The number of nitrogens with zero attached hydrogens (tertiary/aromatic N) is 1. The second-order valence-corrected chi connectivity index (χ2v) is 10.0. The fourth-order valence-corrected chi connectivity index (χ4v) is 4.09. The normalized spacial score (nSPS) is 14.8. The number of nitrogens with one attached hydrogen (secondary N) is 2. The maximum absolute atomic E-state index is 13.3. The van der Waals surface area contributed by atoms with Crippen LogP contribution in [0.15, 0.2) is 89.6 Å². The molecule has 0 saturated heterocycles. The molecule has 0 spiro atoms. The summed E-state index contributed by atoms with van der Waals surface area (Å²) in [4.78, 5) is 28.8. The smallest absolute Gasteiger partial charge is 0.395 e. The predicted octanol–water partition coefficient (Wildman–Crippen LogP) is 5.74. The highest BCUT2D eigenvalue weighted by atomic mass is 19.4. The summed E-state index contributed by atoms with van der Waals surface area (Å²) in [7, 11) is 0. The molecule has 220 valence electrons. The number of ether oxygens (including phenoxy) is 1. The lowest BCUT2D eigenvalue weighted by molar-refractivity contribution is -0.114. The summed E-state index contributed by atoms with van der Waals surface area (Å²) < 4.78 is 46.0. The fourth-order valence-electron chi connectivity index (χ4n) is 4.09. The molecule has 3 aromatic carbocycles. The minimum Gasteiger partial charge on any atom is -0.395 e. The van der Waals surface area contributed by atoms with Gasteiger partial charge in [0.1, 0.15) is 17.5 Å². The number of alkyl halides is 3. The van der Waals surface area contributed by atoms with Crippen molar-refractivity contribution in [3.8, 4) is 0 Å². The van der Waals surface area contributed by atoms with E-state index in [2.05, 4.69) is 15.6 Å². The van der Waals surface area contributed by atoms with Gasteiger partial charge in [0, 0.05) is 24.8 Å². The van der Waals surface area contributed by atoms with Crippen LogP contribution in [-0.4, -0.2) is 30.3 Å². The minimum atomic E-state index is -4.85. The summed E-state index contributed by atoms with van der Waals surface area (Å²) in [6.45, 7) is 2.17. The third kappa shape index (κ3) is 8.76.